The van der Waals surface area contributed by atoms with Gasteiger partial charge in [-0.15, -0.1) is 0 Å². The van der Waals surface area contributed by atoms with Crippen molar-refractivity contribution in [3.8, 4) is 0 Å². The summed E-state index contributed by atoms with van der Waals surface area (Å²) in [6.45, 7) is 4.20. The number of nitrogens with zero attached hydrogens (tertiary/aromatic N) is 2. The molecule has 0 aliphatic carbocycles. The minimum atomic E-state index is 0.0187. The zero-order chi connectivity index (χ0) is 13.0. The van der Waals surface area contributed by atoms with Gasteiger partial charge in [-0.3, -0.25) is 0 Å². The Morgan fingerprint density at radius 3 is 2.67 bits per heavy atom. The predicted octanol–water partition coefficient (Wildman–Crippen LogP) is 3.28. The first kappa shape index (κ1) is 13.5. The fourth-order valence-corrected chi connectivity index (χ4v) is 3.63. The molecule has 1 aromatic carbocycles. The van der Waals surface area contributed by atoms with E-state index in [-0.39, 0.29) is 11.3 Å². The van der Waals surface area contributed by atoms with Gasteiger partial charge in [0.05, 0.1) is 0 Å². The van der Waals surface area contributed by atoms with Crippen LogP contribution in [0.25, 0.3) is 0 Å². The molecule has 0 fully saturated rings. The van der Waals surface area contributed by atoms with Gasteiger partial charge in [-0.1, -0.05) is 55.9 Å². The highest BCUT2D eigenvalue weighted by molar-refractivity contribution is 8.01. The average molecular weight is 279 g/mol. The Balaban J connectivity index is 2.01. The van der Waals surface area contributed by atoms with Crippen LogP contribution in [0, 0.1) is 0 Å². The molecule has 96 valence electrons. The number of rotatable bonds is 5. The van der Waals surface area contributed by atoms with E-state index in [0.29, 0.717) is 0 Å². The van der Waals surface area contributed by atoms with E-state index in [4.69, 9.17) is 5.73 Å². The molecule has 0 radical (unpaired) electrons. The van der Waals surface area contributed by atoms with Crippen molar-refractivity contribution >= 4 is 23.3 Å². The first-order valence-corrected chi connectivity index (χ1v) is 7.65. The molecule has 18 heavy (non-hydrogen) atoms. The minimum absolute atomic E-state index is 0.0187. The lowest BCUT2D eigenvalue weighted by atomic mass is 10.1. The van der Waals surface area contributed by atoms with Gasteiger partial charge in [0.15, 0.2) is 4.34 Å². The van der Waals surface area contributed by atoms with Crippen LogP contribution in [-0.4, -0.2) is 14.6 Å². The fourth-order valence-electron chi connectivity index (χ4n) is 1.61. The van der Waals surface area contributed by atoms with Crippen molar-refractivity contribution in [2.24, 2.45) is 5.73 Å². The monoisotopic (exact) mass is 279 g/mol. The van der Waals surface area contributed by atoms with Crippen LogP contribution in [0.2, 0.25) is 0 Å². The summed E-state index contributed by atoms with van der Waals surface area (Å²) < 4.78 is 5.29. The van der Waals surface area contributed by atoms with E-state index in [1.807, 2.05) is 18.2 Å². The summed E-state index contributed by atoms with van der Waals surface area (Å²) in [6.07, 6.45) is 0.885. The highest BCUT2D eigenvalue weighted by Crippen LogP contribution is 2.31. The van der Waals surface area contributed by atoms with Crippen LogP contribution in [0.5, 0.6) is 0 Å². The molecule has 0 saturated heterocycles. The number of aromatic nitrogens is 2. The minimum Gasteiger partial charge on any atom is -0.323 e. The zero-order valence-electron chi connectivity index (χ0n) is 10.5. The molecule has 2 atom stereocenters. The molecule has 0 aliphatic heterocycles. The third kappa shape index (κ3) is 3.31. The Morgan fingerprint density at radius 2 is 2.06 bits per heavy atom. The van der Waals surface area contributed by atoms with Crippen molar-refractivity contribution in [2.75, 3.05) is 0 Å². The molecule has 1 aromatic heterocycles. The normalized spacial score (nSPS) is 14.4. The van der Waals surface area contributed by atoms with Gasteiger partial charge in [0.25, 0.3) is 0 Å². The first-order valence-electron chi connectivity index (χ1n) is 6.00. The summed E-state index contributed by atoms with van der Waals surface area (Å²) in [6, 6.07) is 10.2. The van der Waals surface area contributed by atoms with Gasteiger partial charge in [-0.05, 0) is 17.1 Å². The van der Waals surface area contributed by atoms with Crippen LogP contribution in [0.3, 0.4) is 0 Å². The number of nitrogens with two attached hydrogens (primary N) is 1. The van der Waals surface area contributed by atoms with Crippen LogP contribution in [-0.2, 0) is 6.42 Å². The topological polar surface area (TPSA) is 51.8 Å². The van der Waals surface area contributed by atoms with E-state index in [9.17, 15) is 0 Å². The van der Waals surface area contributed by atoms with Crippen molar-refractivity contribution in [1.29, 1.82) is 0 Å². The summed E-state index contributed by atoms with van der Waals surface area (Å²) >= 11 is 3.16. The van der Waals surface area contributed by atoms with Gasteiger partial charge < -0.3 is 5.73 Å². The van der Waals surface area contributed by atoms with E-state index in [0.717, 1.165) is 22.1 Å². The second-order valence-corrected chi connectivity index (χ2v) is 6.47. The molecule has 2 rings (SSSR count). The van der Waals surface area contributed by atoms with Gasteiger partial charge in [-0.25, -0.2) is 4.98 Å². The molecule has 0 saturated carbocycles. The number of thioether (sulfide) groups is 1. The number of hydrogen-bond acceptors (Lipinski definition) is 5. The van der Waals surface area contributed by atoms with Crippen LogP contribution in [0.4, 0.5) is 0 Å². The van der Waals surface area contributed by atoms with Crippen molar-refractivity contribution in [1.82, 2.24) is 9.36 Å². The van der Waals surface area contributed by atoms with E-state index in [1.165, 1.54) is 11.5 Å². The van der Waals surface area contributed by atoms with Crippen molar-refractivity contribution in [3.05, 3.63) is 41.7 Å². The number of benzene rings is 1. The molecule has 3 nitrogen and oxygen atoms in total. The summed E-state index contributed by atoms with van der Waals surface area (Å²) in [7, 11) is 0. The quantitative estimate of drug-likeness (QED) is 0.853. The summed E-state index contributed by atoms with van der Waals surface area (Å²) in [5.41, 5.74) is 7.43. The SMILES string of the molecule is CCc1nsc(SC(C)C(N)c2ccccc2)n1. The van der Waals surface area contributed by atoms with Crippen LogP contribution in [0.15, 0.2) is 34.7 Å². The molecule has 0 spiro atoms. The second-order valence-electron chi connectivity index (χ2n) is 4.09. The third-order valence-electron chi connectivity index (χ3n) is 2.74. The first-order chi connectivity index (χ1) is 8.70. The second kappa shape index (κ2) is 6.31. The standard InChI is InChI=1S/C13H17N3S2/c1-3-11-15-13(18-16-11)17-9(2)12(14)10-7-5-4-6-8-10/h4-9,12H,3,14H2,1-2H3. The molecule has 0 bridgehead atoms. The molecular weight excluding hydrogens is 262 g/mol. The van der Waals surface area contributed by atoms with Gasteiger partial charge >= 0.3 is 0 Å². The molecule has 5 heteroatoms. The number of aryl methyl sites for hydroxylation is 1. The number of hydrogen-bond donors (Lipinski definition) is 1. The molecule has 0 aliphatic rings. The third-order valence-corrected chi connectivity index (χ3v) is 4.76. The van der Waals surface area contributed by atoms with E-state index < -0.39 is 0 Å². The molecular formula is C13H17N3S2. The molecule has 2 aromatic rings. The Labute approximate surface area is 116 Å². The van der Waals surface area contributed by atoms with Crippen molar-refractivity contribution < 1.29 is 0 Å². The predicted molar refractivity (Wildman–Crippen MR) is 78.0 cm³/mol. The largest absolute Gasteiger partial charge is 0.323 e. The average Bonchev–Trinajstić information content (AvgIpc) is 2.86. The lowest BCUT2D eigenvalue weighted by Gasteiger charge is -2.18. The van der Waals surface area contributed by atoms with Gasteiger partial charge in [0, 0.05) is 17.7 Å². The Bertz CT molecular complexity index is 484. The smallest absolute Gasteiger partial charge is 0.170 e. The fraction of sp³-hybridized carbons (Fsp3) is 0.385. The molecule has 2 unspecified atom stereocenters. The summed E-state index contributed by atoms with van der Waals surface area (Å²) in [5, 5.41) is 0.282. The van der Waals surface area contributed by atoms with Gasteiger partial charge in [0.2, 0.25) is 0 Å². The molecule has 0 amide bonds. The van der Waals surface area contributed by atoms with E-state index >= 15 is 0 Å². The lowest BCUT2D eigenvalue weighted by Crippen LogP contribution is -2.20. The Morgan fingerprint density at radius 1 is 1.33 bits per heavy atom. The van der Waals surface area contributed by atoms with E-state index in [1.54, 1.807) is 11.8 Å². The molecule has 2 N–H and O–H groups in total. The zero-order valence-corrected chi connectivity index (χ0v) is 12.2. The van der Waals surface area contributed by atoms with Gasteiger partial charge in [-0.2, -0.15) is 4.37 Å². The van der Waals surface area contributed by atoms with E-state index in [2.05, 4.69) is 35.3 Å². The maximum Gasteiger partial charge on any atom is 0.170 e. The van der Waals surface area contributed by atoms with Crippen LogP contribution in [0.1, 0.15) is 31.3 Å². The maximum absolute atomic E-state index is 6.26. The molecule has 1 heterocycles. The maximum atomic E-state index is 6.26. The highest BCUT2D eigenvalue weighted by atomic mass is 32.2. The Hall–Kier alpha value is -0.910. The van der Waals surface area contributed by atoms with Gasteiger partial charge in [0.1, 0.15) is 5.82 Å². The Kier molecular flexibility index (Phi) is 4.74. The summed E-state index contributed by atoms with van der Waals surface area (Å²) in [4.78, 5) is 4.46. The summed E-state index contributed by atoms with van der Waals surface area (Å²) in [5.74, 6) is 0.919. The van der Waals surface area contributed by atoms with Crippen molar-refractivity contribution in [2.45, 2.75) is 35.9 Å². The lowest BCUT2D eigenvalue weighted by molar-refractivity contribution is 0.714. The van der Waals surface area contributed by atoms with Crippen LogP contribution >= 0.6 is 23.3 Å². The van der Waals surface area contributed by atoms with Crippen molar-refractivity contribution in [3.63, 3.8) is 0 Å². The van der Waals surface area contributed by atoms with Crippen LogP contribution < -0.4 is 5.73 Å². The highest BCUT2D eigenvalue weighted by Gasteiger charge is 2.17.